The number of anilines is 1. The molecule has 0 bridgehead atoms. The molecule has 150 valence electrons. The summed E-state index contributed by atoms with van der Waals surface area (Å²) in [5.41, 5.74) is 0.968. The van der Waals surface area contributed by atoms with E-state index in [1.165, 1.54) is 7.11 Å². The maximum atomic E-state index is 12.3. The van der Waals surface area contributed by atoms with Gasteiger partial charge in [-0.1, -0.05) is 6.07 Å². The zero-order valence-electron chi connectivity index (χ0n) is 17.2. The Hall–Kier alpha value is -2.28. The number of ether oxygens (including phenoxy) is 2. The van der Waals surface area contributed by atoms with Gasteiger partial charge in [-0.2, -0.15) is 0 Å². The third kappa shape index (κ3) is 5.60. The van der Waals surface area contributed by atoms with E-state index in [0.717, 1.165) is 31.6 Å². The van der Waals surface area contributed by atoms with E-state index in [9.17, 15) is 9.59 Å². The topological polar surface area (TPSA) is 62.3 Å². The van der Waals surface area contributed by atoms with E-state index in [0.29, 0.717) is 5.56 Å². The van der Waals surface area contributed by atoms with E-state index in [2.05, 4.69) is 10.0 Å². The Bertz CT molecular complexity index is 663. The summed E-state index contributed by atoms with van der Waals surface area (Å²) in [5, 5.41) is 4.27. The molecule has 1 amide bonds. The Balaban J connectivity index is 1.95. The number of benzene rings is 1. The van der Waals surface area contributed by atoms with Gasteiger partial charge in [0.1, 0.15) is 5.60 Å². The van der Waals surface area contributed by atoms with E-state index in [1.54, 1.807) is 18.0 Å². The van der Waals surface area contributed by atoms with Gasteiger partial charge in [-0.05, 0) is 51.8 Å². The Morgan fingerprint density at radius 2 is 1.78 bits per heavy atom. The minimum atomic E-state index is -0.489. The van der Waals surface area contributed by atoms with Crippen molar-refractivity contribution in [3.63, 3.8) is 0 Å². The molecule has 0 unspecified atom stereocenters. The number of hydrogen-bond acceptors (Lipinski definition) is 6. The first-order valence-corrected chi connectivity index (χ1v) is 9.25. The largest absolute Gasteiger partial charge is 0.465 e. The molecule has 0 atom stereocenters. The Labute approximate surface area is 161 Å². The summed E-state index contributed by atoms with van der Waals surface area (Å²) >= 11 is 0. The van der Waals surface area contributed by atoms with Crippen LogP contribution in [0.5, 0.6) is 0 Å². The molecule has 0 aliphatic carbocycles. The number of carbonyl (C=O) groups is 2. The number of carbonyl (C=O) groups excluding carboxylic acids is 2. The molecule has 0 aromatic heterocycles. The van der Waals surface area contributed by atoms with Crippen molar-refractivity contribution >= 4 is 17.7 Å². The summed E-state index contributed by atoms with van der Waals surface area (Å²) in [6, 6.07) is 7.54. The second-order valence-corrected chi connectivity index (χ2v) is 7.84. The van der Waals surface area contributed by atoms with Crippen LogP contribution >= 0.6 is 0 Å². The van der Waals surface area contributed by atoms with Crippen molar-refractivity contribution in [2.24, 2.45) is 0 Å². The van der Waals surface area contributed by atoms with Crippen LogP contribution in [0.3, 0.4) is 0 Å². The number of amides is 1. The molecule has 1 fully saturated rings. The maximum Gasteiger partial charge on any atom is 0.410 e. The van der Waals surface area contributed by atoms with Gasteiger partial charge in [0.25, 0.3) is 0 Å². The molecule has 7 nitrogen and oxygen atoms in total. The molecule has 1 aliphatic rings. The molecule has 1 aliphatic heterocycles. The summed E-state index contributed by atoms with van der Waals surface area (Å²) in [7, 11) is 5.16. The first-order chi connectivity index (χ1) is 12.6. The minimum Gasteiger partial charge on any atom is -0.465 e. The van der Waals surface area contributed by atoms with Crippen LogP contribution in [0.15, 0.2) is 24.3 Å². The number of hydrazine groups is 1. The SMILES string of the molecule is COC(=O)c1cccc(N(C)N2CCC(N(C)C(=O)OC(C)(C)C)CC2)c1. The number of piperidine rings is 1. The minimum absolute atomic E-state index is 0.158. The highest BCUT2D eigenvalue weighted by atomic mass is 16.6. The average Bonchev–Trinajstić information content (AvgIpc) is 2.65. The van der Waals surface area contributed by atoms with Gasteiger partial charge < -0.3 is 19.4 Å². The fraction of sp³-hybridized carbons (Fsp3) is 0.600. The molecule has 0 spiro atoms. The lowest BCUT2D eigenvalue weighted by Crippen LogP contribution is -2.51. The third-order valence-corrected chi connectivity index (χ3v) is 4.74. The van der Waals surface area contributed by atoms with Gasteiger partial charge in [0.2, 0.25) is 0 Å². The zero-order valence-corrected chi connectivity index (χ0v) is 17.2. The second kappa shape index (κ2) is 8.61. The van der Waals surface area contributed by atoms with E-state index in [-0.39, 0.29) is 18.1 Å². The van der Waals surface area contributed by atoms with Crippen LogP contribution in [0.4, 0.5) is 10.5 Å². The van der Waals surface area contributed by atoms with Crippen LogP contribution in [-0.4, -0.2) is 67.9 Å². The van der Waals surface area contributed by atoms with Crippen LogP contribution in [-0.2, 0) is 9.47 Å². The second-order valence-electron chi connectivity index (χ2n) is 7.84. The number of hydrogen-bond donors (Lipinski definition) is 0. The Morgan fingerprint density at radius 1 is 1.15 bits per heavy atom. The maximum absolute atomic E-state index is 12.3. The summed E-state index contributed by atoms with van der Waals surface area (Å²) in [4.78, 5) is 25.7. The first kappa shape index (κ1) is 21.0. The summed E-state index contributed by atoms with van der Waals surface area (Å²) in [6.07, 6.45) is 1.44. The molecule has 0 saturated carbocycles. The van der Waals surface area contributed by atoms with Crippen molar-refractivity contribution in [3.05, 3.63) is 29.8 Å². The lowest BCUT2D eigenvalue weighted by Gasteiger charge is -2.41. The van der Waals surface area contributed by atoms with Crippen molar-refractivity contribution in [2.45, 2.75) is 45.3 Å². The van der Waals surface area contributed by atoms with Gasteiger partial charge >= 0.3 is 12.1 Å². The highest BCUT2D eigenvalue weighted by molar-refractivity contribution is 5.90. The standard InChI is InChI=1S/C20H31N3O4/c1-20(2,3)27-19(25)21(4)16-10-12-23(13-11-16)22(5)17-9-7-8-15(14-17)18(24)26-6/h7-9,14,16H,10-13H2,1-6H3. The summed E-state index contributed by atoms with van der Waals surface area (Å²) in [5.74, 6) is -0.344. The zero-order chi connectivity index (χ0) is 20.2. The van der Waals surface area contributed by atoms with Crippen molar-refractivity contribution in [3.8, 4) is 0 Å². The lowest BCUT2D eigenvalue weighted by molar-refractivity contribution is 0.0150. The fourth-order valence-electron chi connectivity index (χ4n) is 3.14. The molecule has 0 radical (unpaired) electrons. The monoisotopic (exact) mass is 377 g/mol. The molecule has 1 saturated heterocycles. The van der Waals surface area contributed by atoms with Crippen LogP contribution in [0.25, 0.3) is 0 Å². The number of esters is 1. The summed E-state index contributed by atoms with van der Waals surface area (Å²) < 4.78 is 10.3. The normalized spacial score (nSPS) is 15.9. The molecule has 7 heteroatoms. The molecule has 1 aromatic rings. The number of rotatable bonds is 4. The molecule has 0 N–H and O–H groups in total. The van der Waals surface area contributed by atoms with E-state index >= 15 is 0 Å². The third-order valence-electron chi connectivity index (χ3n) is 4.74. The smallest absolute Gasteiger partial charge is 0.410 e. The molecule has 1 heterocycles. The molecular weight excluding hydrogens is 346 g/mol. The van der Waals surface area contributed by atoms with E-state index in [4.69, 9.17) is 9.47 Å². The van der Waals surface area contributed by atoms with Gasteiger partial charge in [0, 0.05) is 33.2 Å². The van der Waals surface area contributed by atoms with Gasteiger partial charge in [-0.25, -0.2) is 14.6 Å². The van der Waals surface area contributed by atoms with Gasteiger partial charge in [-0.3, -0.25) is 0 Å². The number of nitrogens with zero attached hydrogens (tertiary/aromatic N) is 3. The number of methoxy groups -OCH3 is 1. The quantitative estimate of drug-likeness (QED) is 0.751. The van der Waals surface area contributed by atoms with Crippen LogP contribution < -0.4 is 5.01 Å². The Morgan fingerprint density at radius 3 is 2.33 bits per heavy atom. The molecule has 1 aromatic carbocycles. The van der Waals surface area contributed by atoms with Crippen molar-refractivity contribution in [1.29, 1.82) is 0 Å². The van der Waals surface area contributed by atoms with Crippen LogP contribution in [0.1, 0.15) is 44.0 Å². The highest BCUT2D eigenvalue weighted by Gasteiger charge is 2.29. The first-order valence-electron chi connectivity index (χ1n) is 9.25. The molecular formula is C20H31N3O4. The molecule has 27 heavy (non-hydrogen) atoms. The van der Waals surface area contributed by atoms with E-state index in [1.807, 2.05) is 46.0 Å². The van der Waals surface area contributed by atoms with Crippen LogP contribution in [0.2, 0.25) is 0 Å². The van der Waals surface area contributed by atoms with Crippen molar-refractivity contribution in [1.82, 2.24) is 9.91 Å². The highest BCUT2D eigenvalue weighted by Crippen LogP contribution is 2.23. The predicted octanol–water partition coefficient (Wildman–Crippen LogP) is 3.16. The predicted molar refractivity (Wildman–Crippen MR) is 105 cm³/mol. The van der Waals surface area contributed by atoms with Crippen molar-refractivity contribution in [2.75, 3.05) is 39.3 Å². The van der Waals surface area contributed by atoms with E-state index < -0.39 is 5.60 Å². The fourth-order valence-corrected chi connectivity index (χ4v) is 3.14. The van der Waals surface area contributed by atoms with Gasteiger partial charge in [0.05, 0.1) is 18.4 Å². The van der Waals surface area contributed by atoms with Gasteiger partial charge in [0.15, 0.2) is 0 Å². The molecule has 2 rings (SSSR count). The van der Waals surface area contributed by atoms with Crippen molar-refractivity contribution < 1.29 is 19.1 Å². The average molecular weight is 377 g/mol. The summed E-state index contributed by atoms with van der Waals surface area (Å²) in [6.45, 7) is 7.25. The lowest BCUT2D eigenvalue weighted by atomic mass is 10.1. The van der Waals surface area contributed by atoms with Crippen LogP contribution in [0, 0.1) is 0 Å². The Kier molecular flexibility index (Phi) is 6.70. The van der Waals surface area contributed by atoms with Gasteiger partial charge in [-0.15, -0.1) is 0 Å².